The van der Waals surface area contributed by atoms with E-state index in [1.54, 1.807) is 0 Å². The summed E-state index contributed by atoms with van der Waals surface area (Å²) in [5.74, 6) is 0.832. The second-order valence-electron chi connectivity index (χ2n) is 4.60. The zero-order valence-corrected chi connectivity index (χ0v) is 9.15. The van der Waals surface area contributed by atoms with Crippen LogP contribution in [0.15, 0.2) is 12.2 Å². The van der Waals surface area contributed by atoms with Gasteiger partial charge in [0, 0.05) is 0 Å². The normalized spacial score (nSPS) is 22.5. The third-order valence-electron chi connectivity index (χ3n) is 3.30. The number of hydrogen-bond donors (Lipinski definition) is 0. The highest BCUT2D eigenvalue weighted by Gasteiger charge is 2.09. The molecule has 0 N–H and O–H groups in total. The van der Waals surface area contributed by atoms with Gasteiger partial charge in [-0.1, -0.05) is 57.1 Å². The highest BCUT2D eigenvalue weighted by molar-refractivity contribution is 4.95. The van der Waals surface area contributed by atoms with E-state index in [9.17, 15) is 0 Å². The quantitative estimate of drug-likeness (QED) is 0.513. The maximum absolute atomic E-state index is 4.11. The van der Waals surface area contributed by atoms with Gasteiger partial charge in [0.25, 0.3) is 0 Å². The van der Waals surface area contributed by atoms with E-state index in [4.69, 9.17) is 0 Å². The summed E-state index contributed by atoms with van der Waals surface area (Å²) in [6, 6.07) is 0. The van der Waals surface area contributed by atoms with Gasteiger partial charge in [-0.2, -0.15) is 0 Å². The Labute approximate surface area is 83.4 Å². The van der Waals surface area contributed by atoms with E-state index in [0.717, 1.165) is 5.92 Å². The highest BCUT2D eigenvalue weighted by atomic mass is 14.2. The van der Waals surface area contributed by atoms with Gasteiger partial charge in [-0.25, -0.2) is 0 Å². The minimum atomic E-state index is 0.832. The molecule has 0 heterocycles. The lowest BCUT2D eigenvalue weighted by Gasteiger charge is -2.18. The number of allylic oxidation sites excluding steroid dienone is 1. The van der Waals surface area contributed by atoms with Crippen LogP contribution in [0.4, 0.5) is 0 Å². The summed E-state index contributed by atoms with van der Waals surface area (Å²) < 4.78 is 0. The summed E-state index contributed by atoms with van der Waals surface area (Å²) in [6.07, 6.45) is 12.9. The maximum atomic E-state index is 4.11. The van der Waals surface area contributed by atoms with E-state index in [-0.39, 0.29) is 0 Å². The first-order valence-electron chi connectivity index (χ1n) is 5.96. The molecule has 0 unspecified atom stereocenters. The molecule has 0 nitrogen and oxygen atoms in total. The third-order valence-corrected chi connectivity index (χ3v) is 3.30. The van der Waals surface area contributed by atoms with Gasteiger partial charge in [0.15, 0.2) is 0 Å². The predicted octanol–water partition coefficient (Wildman–Crippen LogP) is 4.70. The molecule has 1 saturated carbocycles. The molecule has 1 aliphatic carbocycles. The Hall–Kier alpha value is -0.260. The summed E-state index contributed by atoms with van der Waals surface area (Å²) >= 11 is 0. The van der Waals surface area contributed by atoms with Gasteiger partial charge in [0.2, 0.25) is 0 Å². The van der Waals surface area contributed by atoms with Crippen molar-refractivity contribution in [2.24, 2.45) is 5.92 Å². The summed E-state index contributed by atoms with van der Waals surface area (Å²) in [7, 11) is 0. The maximum Gasteiger partial charge on any atom is -0.0209 e. The standard InChI is InChI=1S/C13H24/c1-12(2)13-10-8-6-4-3-5-7-9-11-13/h13H,1,3-11H2,2H3. The summed E-state index contributed by atoms with van der Waals surface area (Å²) in [5, 5.41) is 0. The van der Waals surface area contributed by atoms with Gasteiger partial charge in [-0.3, -0.25) is 0 Å². The zero-order chi connectivity index (χ0) is 9.52. The van der Waals surface area contributed by atoms with Crippen LogP contribution >= 0.6 is 0 Å². The van der Waals surface area contributed by atoms with Gasteiger partial charge < -0.3 is 0 Å². The number of rotatable bonds is 1. The van der Waals surface area contributed by atoms with Crippen LogP contribution in [0.25, 0.3) is 0 Å². The molecule has 0 aromatic rings. The Morgan fingerprint density at radius 1 is 0.846 bits per heavy atom. The molecule has 0 atom stereocenters. The van der Waals surface area contributed by atoms with Crippen molar-refractivity contribution in [3.05, 3.63) is 12.2 Å². The fourth-order valence-electron chi connectivity index (χ4n) is 2.30. The molecule has 0 aliphatic heterocycles. The van der Waals surface area contributed by atoms with Crippen molar-refractivity contribution in [1.29, 1.82) is 0 Å². The second kappa shape index (κ2) is 6.23. The topological polar surface area (TPSA) is 0 Å². The van der Waals surface area contributed by atoms with Crippen LogP contribution in [0.3, 0.4) is 0 Å². The molecule has 13 heavy (non-hydrogen) atoms. The zero-order valence-electron chi connectivity index (χ0n) is 9.15. The van der Waals surface area contributed by atoms with Crippen molar-refractivity contribution in [1.82, 2.24) is 0 Å². The van der Waals surface area contributed by atoms with Crippen LogP contribution in [0, 0.1) is 5.92 Å². The first-order chi connectivity index (χ1) is 6.30. The highest BCUT2D eigenvalue weighted by Crippen LogP contribution is 2.25. The van der Waals surface area contributed by atoms with Crippen molar-refractivity contribution < 1.29 is 0 Å². The van der Waals surface area contributed by atoms with Gasteiger partial charge in [-0.05, 0) is 25.7 Å². The molecule has 0 aromatic heterocycles. The van der Waals surface area contributed by atoms with Gasteiger partial charge in [-0.15, -0.1) is 0 Å². The molecule has 0 radical (unpaired) electrons. The van der Waals surface area contributed by atoms with Crippen molar-refractivity contribution in [3.63, 3.8) is 0 Å². The summed E-state index contributed by atoms with van der Waals surface area (Å²) in [4.78, 5) is 0. The third kappa shape index (κ3) is 4.50. The molecular formula is C13H24. The van der Waals surface area contributed by atoms with E-state index in [1.165, 1.54) is 63.4 Å². The molecule has 1 fully saturated rings. The Morgan fingerprint density at radius 2 is 1.23 bits per heavy atom. The van der Waals surface area contributed by atoms with Crippen molar-refractivity contribution in [2.45, 2.75) is 64.7 Å². The lowest BCUT2D eigenvalue weighted by Crippen LogP contribution is -2.02. The van der Waals surface area contributed by atoms with Crippen LogP contribution in [0.1, 0.15) is 64.7 Å². The van der Waals surface area contributed by atoms with E-state index < -0.39 is 0 Å². The van der Waals surface area contributed by atoms with Gasteiger partial charge >= 0.3 is 0 Å². The molecule has 1 rings (SSSR count). The van der Waals surface area contributed by atoms with Crippen molar-refractivity contribution in [2.75, 3.05) is 0 Å². The van der Waals surface area contributed by atoms with E-state index >= 15 is 0 Å². The molecule has 0 spiro atoms. The molecule has 0 bridgehead atoms. The molecule has 76 valence electrons. The Balaban J connectivity index is 2.30. The van der Waals surface area contributed by atoms with Crippen LogP contribution < -0.4 is 0 Å². The molecule has 0 heteroatoms. The molecular weight excluding hydrogens is 156 g/mol. The molecule has 0 saturated heterocycles. The fourth-order valence-corrected chi connectivity index (χ4v) is 2.30. The molecule has 0 aromatic carbocycles. The van der Waals surface area contributed by atoms with Crippen LogP contribution in [-0.4, -0.2) is 0 Å². The average Bonchev–Trinajstić information content (AvgIpc) is 2.14. The van der Waals surface area contributed by atoms with Crippen molar-refractivity contribution in [3.8, 4) is 0 Å². The summed E-state index contributed by atoms with van der Waals surface area (Å²) in [6.45, 7) is 6.31. The van der Waals surface area contributed by atoms with Gasteiger partial charge in [0.05, 0.1) is 0 Å². The summed E-state index contributed by atoms with van der Waals surface area (Å²) in [5.41, 5.74) is 1.42. The van der Waals surface area contributed by atoms with Crippen LogP contribution in [0.5, 0.6) is 0 Å². The SMILES string of the molecule is C=C(C)C1CCCCCCCCC1. The second-order valence-corrected chi connectivity index (χ2v) is 4.60. The number of hydrogen-bond acceptors (Lipinski definition) is 0. The van der Waals surface area contributed by atoms with Crippen molar-refractivity contribution >= 4 is 0 Å². The monoisotopic (exact) mass is 180 g/mol. The Bertz CT molecular complexity index is 136. The van der Waals surface area contributed by atoms with Crippen LogP contribution in [-0.2, 0) is 0 Å². The first-order valence-corrected chi connectivity index (χ1v) is 5.96. The van der Waals surface area contributed by atoms with E-state index in [1.807, 2.05) is 0 Å². The van der Waals surface area contributed by atoms with E-state index in [2.05, 4.69) is 13.5 Å². The average molecular weight is 180 g/mol. The fraction of sp³-hybridized carbons (Fsp3) is 0.846. The molecule has 1 aliphatic rings. The lowest BCUT2D eigenvalue weighted by molar-refractivity contribution is 0.430. The smallest absolute Gasteiger partial charge is 0.0209 e. The predicted molar refractivity (Wildman–Crippen MR) is 59.9 cm³/mol. The minimum Gasteiger partial charge on any atom is -0.0999 e. The Kier molecular flexibility index (Phi) is 5.19. The first kappa shape index (κ1) is 10.8. The van der Waals surface area contributed by atoms with E-state index in [0.29, 0.717) is 0 Å². The Morgan fingerprint density at radius 3 is 1.62 bits per heavy atom. The molecule has 0 amide bonds. The van der Waals surface area contributed by atoms with Crippen LogP contribution in [0.2, 0.25) is 0 Å². The lowest BCUT2D eigenvalue weighted by atomic mass is 9.88. The minimum absolute atomic E-state index is 0.832. The largest absolute Gasteiger partial charge is 0.0999 e. The van der Waals surface area contributed by atoms with Gasteiger partial charge in [0.1, 0.15) is 0 Å².